The highest BCUT2D eigenvalue weighted by Crippen LogP contribution is 2.11. The molecule has 1 fully saturated rings. The molecule has 2 atom stereocenters. The molecule has 2 unspecified atom stereocenters. The predicted molar refractivity (Wildman–Crippen MR) is 56.8 cm³/mol. The molecule has 1 saturated heterocycles. The molecule has 15 heavy (non-hydrogen) atoms. The number of hydrogen-bond acceptors (Lipinski definition) is 2. The Labute approximate surface area is 89.8 Å². The van der Waals surface area contributed by atoms with E-state index in [9.17, 15) is 9.59 Å². The molecular formula is C11H16N2O2. The van der Waals surface area contributed by atoms with Crippen LogP contribution < -0.4 is 10.6 Å². The molecular weight excluding hydrogens is 192 g/mol. The van der Waals surface area contributed by atoms with Crippen LogP contribution in [0.15, 0.2) is 0 Å². The largest absolute Gasteiger partial charge is 0.355 e. The Morgan fingerprint density at radius 3 is 3.07 bits per heavy atom. The van der Waals surface area contributed by atoms with Crippen LogP contribution in [-0.4, -0.2) is 24.4 Å². The summed E-state index contributed by atoms with van der Waals surface area (Å²) in [6.07, 6.45) is 6.73. The van der Waals surface area contributed by atoms with Gasteiger partial charge in [0.15, 0.2) is 0 Å². The van der Waals surface area contributed by atoms with Gasteiger partial charge >= 0.3 is 0 Å². The summed E-state index contributed by atoms with van der Waals surface area (Å²) in [5, 5.41) is 5.51. The average Bonchev–Trinajstić information content (AvgIpc) is 2.18. The van der Waals surface area contributed by atoms with E-state index in [1.165, 1.54) is 0 Å². The molecule has 0 aliphatic carbocycles. The van der Waals surface area contributed by atoms with Crippen LogP contribution in [-0.2, 0) is 9.59 Å². The molecule has 0 spiro atoms. The Bertz CT molecular complexity index is 283. The van der Waals surface area contributed by atoms with Crippen LogP contribution in [0.1, 0.15) is 26.2 Å². The Morgan fingerprint density at radius 2 is 2.53 bits per heavy atom. The third-order valence-electron chi connectivity index (χ3n) is 2.45. The standard InChI is InChI=1S/C11H16N2O2/c1-3-4-8(2)13-11(15)9-5-6-10(14)12-7-9/h1,8-9H,4-7H2,2H3,(H,12,14)(H,13,15). The minimum Gasteiger partial charge on any atom is -0.355 e. The zero-order valence-corrected chi connectivity index (χ0v) is 8.88. The third kappa shape index (κ3) is 3.62. The normalized spacial score (nSPS) is 22.4. The third-order valence-corrected chi connectivity index (χ3v) is 2.45. The SMILES string of the molecule is C#CCC(C)NC(=O)C1CCC(=O)NC1. The van der Waals surface area contributed by atoms with Crippen LogP contribution >= 0.6 is 0 Å². The maximum Gasteiger partial charge on any atom is 0.225 e. The molecule has 0 aromatic carbocycles. The number of nitrogens with one attached hydrogen (secondary N) is 2. The second-order valence-electron chi connectivity index (χ2n) is 3.86. The average molecular weight is 208 g/mol. The molecule has 0 saturated carbocycles. The lowest BCUT2D eigenvalue weighted by molar-refractivity contribution is -0.129. The first-order valence-electron chi connectivity index (χ1n) is 5.14. The summed E-state index contributed by atoms with van der Waals surface area (Å²) in [6.45, 7) is 2.31. The molecule has 4 nitrogen and oxygen atoms in total. The number of piperidine rings is 1. The van der Waals surface area contributed by atoms with Crippen LogP contribution in [0.25, 0.3) is 0 Å². The molecule has 0 aromatic rings. The lowest BCUT2D eigenvalue weighted by atomic mass is 9.98. The minimum absolute atomic E-state index is 0.000119. The fourth-order valence-corrected chi connectivity index (χ4v) is 1.55. The molecule has 1 rings (SSSR count). The van der Waals surface area contributed by atoms with Crippen LogP contribution in [0.2, 0.25) is 0 Å². The van der Waals surface area contributed by atoms with Gasteiger partial charge in [-0.05, 0) is 13.3 Å². The Morgan fingerprint density at radius 1 is 1.80 bits per heavy atom. The van der Waals surface area contributed by atoms with E-state index in [4.69, 9.17) is 6.42 Å². The molecule has 82 valence electrons. The van der Waals surface area contributed by atoms with Gasteiger partial charge < -0.3 is 10.6 Å². The van der Waals surface area contributed by atoms with Gasteiger partial charge in [0.2, 0.25) is 11.8 Å². The molecule has 1 heterocycles. The highest BCUT2D eigenvalue weighted by molar-refractivity contribution is 5.83. The van der Waals surface area contributed by atoms with Gasteiger partial charge in [-0.15, -0.1) is 12.3 Å². The van der Waals surface area contributed by atoms with Crippen molar-refractivity contribution in [2.75, 3.05) is 6.54 Å². The number of rotatable bonds is 3. The molecule has 1 aliphatic rings. The van der Waals surface area contributed by atoms with E-state index in [-0.39, 0.29) is 23.8 Å². The fraction of sp³-hybridized carbons (Fsp3) is 0.636. The molecule has 0 radical (unpaired) electrons. The van der Waals surface area contributed by atoms with Gasteiger partial charge in [0.25, 0.3) is 0 Å². The van der Waals surface area contributed by atoms with Crippen molar-refractivity contribution in [1.29, 1.82) is 0 Å². The first kappa shape index (κ1) is 11.6. The number of terminal acetylenes is 1. The van der Waals surface area contributed by atoms with E-state index in [0.717, 1.165) is 0 Å². The van der Waals surface area contributed by atoms with E-state index in [2.05, 4.69) is 16.6 Å². The zero-order valence-electron chi connectivity index (χ0n) is 8.88. The van der Waals surface area contributed by atoms with Crippen molar-refractivity contribution >= 4 is 11.8 Å². The van der Waals surface area contributed by atoms with Crippen LogP contribution in [0.5, 0.6) is 0 Å². The van der Waals surface area contributed by atoms with E-state index in [1.807, 2.05) is 6.92 Å². The number of amides is 2. The Kier molecular flexibility index (Phi) is 4.17. The molecule has 0 bridgehead atoms. The Balaban J connectivity index is 2.34. The van der Waals surface area contributed by atoms with Gasteiger partial charge in [-0.1, -0.05) is 0 Å². The summed E-state index contributed by atoms with van der Waals surface area (Å²) in [7, 11) is 0. The van der Waals surface area contributed by atoms with E-state index >= 15 is 0 Å². The Hall–Kier alpha value is -1.50. The molecule has 0 aromatic heterocycles. The van der Waals surface area contributed by atoms with Crippen molar-refractivity contribution in [3.8, 4) is 12.3 Å². The summed E-state index contributed by atoms with van der Waals surface area (Å²) in [6, 6.07) is 0.000119. The second-order valence-corrected chi connectivity index (χ2v) is 3.86. The topological polar surface area (TPSA) is 58.2 Å². The fourth-order valence-electron chi connectivity index (χ4n) is 1.55. The summed E-state index contributed by atoms with van der Waals surface area (Å²) >= 11 is 0. The first-order chi connectivity index (χ1) is 7.13. The summed E-state index contributed by atoms with van der Waals surface area (Å²) in [4.78, 5) is 22.5. The number of hydrogen-bond donors (Lipinski definition) is 2. The zero-order chi connectivity index (χ0) is 11.3. The maximum absolute atomic E-state index is 11.7. The van der Waals surface area contributed by atoms with Crippen LogP contribution in [0.4, 0.5) is 0 Å². The van der Waals surface area contributed by atoms with Crippen molar-refractivity contribution in [2.45, 2.75) is 32.2 Å². The predicted octanol–water partition coefficient (Wildman–Crippen LogP) is 0.0406. The highest BCUT2D eigenvalue weighted by atomic mass is 16.2. The summed E-state index contributed by atoms with van der Waals surface area (Å²) in [5.41, 5.74) is 0. The van der Waals surface area contributed by atoms with Crippen molar-refractivity contribution < 1.29 is 9.59 Å². The summed E-state index contributed by atoms with van der Waals surface area (Å²) in [5.74, 6) is 2.40. The van der Waals surface area contributed by atoms with E-state index in [0.29, 0.717) is 25.8 Å². The summed E-state index contributed by atoms with van der Waals surface area (Å²) < 4.78 is 0. The van der Waals surface area contributed by atoms with Crippen molar-refractivity contribution in [3.05, 3.63) is 0 Å². The van der Waals surface area contributed by atoms with E-state index < -0.39 is 0 Å². The van der Waals surface area contributed by atoms with Crippen LogP contribution in [0.3, 0.4) is 0 Å². The van der Waals surface area contributed by atoms with Crippen molar-refractivity contribution in [2.24, 2.45) is 5.92 Å². The number of carbonyl (C=O) groups is 2. The van der Waals surface area contributed by atoms with E-state index in [1.54, 1.807) is 0 Å². The van der Waals surface area contributed by atoms with Gasteiger partial charge in [0, 0.05) is 25.4 Å². The van der Waals surface area contributed by atoms with Gasteiger partial charge in [0.1, 0.15) is 0 Å². The lowest BCUT2D eigenvalue weighted by Crippen LogP contribution is -2.45. The van der Waals surface area contributed by atoms with Crippen LogP contribution in [0, 0.1) is 18.3 Å². The smallest absolute Gasteiger partial charge is 0.225 e. The highest BCUT2D eigenvalue weighted by Gasteiger charge is 2.24. The first-order valence-corrected chi connectivity index (χ1v) is 5.14. The second kappa shape index (κ2) is 5.40. The lowest BCUT2D eigenvalue weighted by Gasteiger charge is -2.23. The monoisotopic (exact) mass is 208 g/mol. The number of carbonyl (C=O) groups excluding carboxylic acids is 2. The van der Waals surface area contributed by atoms with Gasteiger partial charge in [0.05, 0.1) is 5.92 Å². The van der Waals surface area contributed by atoms with Crippen molar-refractivity contribution in [1.82, 2.24) is 10.6 Å². The minimum atomic E-state index is -0.108. The molecule has 2 N–H and O–H groups in total. The quantitative estimate of drug-likeness (QED) is 0.643. The molecule has 4 heteroatoms. The van der Waals surface area contributed by atoms with Crippen molar-refractivity contribution in [3.63, 3.8) is 0 Å². The molecule has 1 aliphatic heterocycles. The van der Waals surface area contributed by atoms with Gasteiger partial charge in [-0.2, -0.15) is 0 Å². The molecule has 2 amide bonds. The van der Waals surface area contributed by atoms with Gasteiger partial charge in [-0.25, -0.2) is 0 Å². The van der Waals surface area contributed by atoms with Gasteiger partial charge in [-0.3, -0.25) is 9.59 Å². The maximum atomic E-state index is 11.7.